The molecule has 0 radical (unpaired) electrons. The van der Waals surface area contributed by atoms with E-state index in [1.165, 1.54) is 12.1 Å². The van der Waals surface area contributed by atoms with Crippen molar-refractivity contribution in [2.75, 3.05) is 6.54 Å². The van der Waals surface area contributed by atoms with Crippen LogP contribution in [0.4, 0.5) is 8.78 Å². The van der Waals surface area contributed by atoms with Crippen molar-refractivity contribution in [2.45, 2.75) is 6.92 Å². The Kier molecular flexibility index (Phi) is 3.55. The highest BCUT2D eigenvalue weighted by molar-refractivity contribution is 5.95. The van der Waals surface area contributed by atoms with E-state index >= 15 is 0 Å². The molecule has 0 unspecified atom stereocenters. The van der Waals surface area contributed by atoms with Gasteiger partial charge in [-0.1, -0.05) is 12.7 Å². The molecule has 1 rings (SSSR count). The minimum atomic E-state index is -0.879. The molecule has 0 bridgehead atoms. The van der Waals surface area contributed by atoms with Crippen molar-refractivity contribution >= 4 is 12.0 Å². The Morgan fingerprint density at radius 1 is 1.53 bits per heavy atom. The predicted octanol–water partition coefficient (Wildman–Crippen LogP) is 2.36. The number of carbonyl (C=O) groups is 1. The molecule has 1 aromatic carbocycles. The van der Waals surface area contributed by atoms with Gasteiger partial charge in [0.05, 0.1) is 0 Å². The van der Waals surface area contributed by atoms with Gasteiger partial charge in [-0.3, -0.25) is 4.79 Å². The zero-order valence-electron chi connectivity index (χ0n) is 8.31. The van der Waals surface area contributed by atoms with Crippen molar-refractivity contribution in [2.24, 2.45) is 0 Å². The van der Waals surface area contributed by atoms with E-state index in [2.05, 4.69) is 11.9 Å². The smallest absolute Gasteiger partial charge is 0.257 e. The van der Waals surface area contributed by atoms with Crippen molar-refractivity contribution in [3.05, 3.63) is 41.5 Å². The van der Waals surface area contributed by atoms with E-state index in [1.807, 2.05) is 0 Å². The monoisotopic (exact) mass is 211 g/mol. The van der Waals surface area contributed by atoms with E-state index in [9.17, 15) is 13.6 Å². The molecule has 1 aromatic rings. The van der Waals surface area contributed by atoms with E-state index in [4.69, 9.17) is 0 Å². The Hall–Kier alpha value is -1.71. The standard InChI is InChI=1S/C11H11F2NO/c1-3-7-5-6-8(12)9(10(7)13)11(15)14-4-2/h3,5-6H,1,4H2,2H3,(H,14,15). The molecule has 4 heteroatoms. The van der Waals surface area contributed by atoms with Crippen LogP contribution in [0.2, 0.25) is 0 Å². The van der Waals surface area contributed by atoms with Crippen molar-refractivity contribution in [3.63, 3.8) is 0 Å². The van der Waals surface area contributed by atoms with Gasteiger partial charge in [0.15, 0.2) is 0 Å². The SMILES string of the molecule is C=Cc1ccc(F)c(C(=O)NCC)c1F. The lowest BCUT2D eigenvalue weighted by molar-refractivity contribution is 0.0947. The zero-order chi connectivity index (χ0) is 11.4. The van der Waals surface area contributed by atoms with Crippen LogP contribution >= 0.6 is 0 Å². The second-order valence-electron chi connectivity index (χ2n) is 2.89. The molecular formula is C11H11F2NO. The Labute approximate surface area is 86.6 Å². The van der Waals surface area contributed by atoms with Crippen LogP contribution in [-0.4, -0.2) is 12.5 Å². The highest BCUT2D eigenvalue weighted by Crippen LogP contribution is 2.17. The largest absolute Gasteiger partial charge is 0.352 e. The van der Waals surface area contributed by atoms with Crippen molar-refractivity contribution in [1.82, 2.24) is 5.32 Å². The summed E-state index contributed by atoms with van der Waals surface area (Å²) in [6.07, 6.45) is 1.23. The third-order valence-corrected chi connectivity index (χ3v) is 1.91. The normalized spacial score (nSPS) is 9.80. The first-order valence-corrected chi connectivity index (χ1v) is 4.50. The Morgan fingerprint density at radius 3 is 2.73 bits per heavy atom. The molecule has 2 nitrogen and oxygen atoms in total. The maximum atomic E-state index is 13.5. The molecule has 1 N–H and O–H groups in total. The Bertz CT molecular complexity index is 402. The van der Waals surface area contributed by atoms with Gasteiger partial charge in [-0.15, -0.1) is 0 Å². The first-order valence-electron chi connectivity index (χ1n) is 4.50. The minimum absolute atomic E-state index is 0.109. The molecule has 15 heavy (non-hydrogen) atoms. The van der Waals surface area contributed by atoms with Crippen LogP contribution < -0.4 is 5.32 Å². The van der Waals surface area contributed by atoms with Crippen molar-refractivity contribution < 1.29 is 13.6 Å². The number of halogens is 2. The summed E-state index contributed by atoms with van der Waals surface area (Å²) in [7, 11) is 0. The molecule has 0 fully saturated rings. The molecule has 0 saturated carbocycles. The molecule has 80 valence electrons. The third kappa shape index (κ3) is 2.21. The molecule has 0 heterocycles. The fraction of sp³-hybridized carbons (Fsp3) is 0.182. The van der Waals surface area contributed by atoms with Crippen LogP contribution in [0.1, 0.15) is 22.8 Å². The summed E-state index contributed by atoms with van der Waals surface area (Å²) >= 11 is 0. The number of hydrogen-bond acceptors (Lipinski definition) is 1. The number of hydrogen-bond donors (Lipinski definition) is 1. The molecule has 1 amide bonds. The van der Waals surface area contributed by atoms with Crippen molar-refractivity contribution in [1.29, 1.82) is 0 Å². The fourth-order valence-electron chi connectivity index (χ4n) is 1.18. The number of rotatable bonds is 3. The lowest BCUT2D eigenvalue weighted by atomic mass is 10.1. The highest BCUT2D eigenvalue weighted by Gasteiger charge is 2.18. The van der Waals surface area contributed by atoms with Crippen LogP contribution in [0.3, 0.4) is 0 Å². The van der Waals surface area contributed by atoms with E-state index in [-0.39, 0.29) is 5.56 Å². The highest BCUT2D eigenvalue weighted by atomic mass is 19.1. The lowest BCUT2D eigenvalue weighted by Crippen LogP contribution is -2.25. The number of carbonyl (C=O) groups excluding carboxylic acids is 1. The molecule has 0 aliphatic heterocycles. The second-order valence-corrected chi connectivity index (χ2v) is 2.89. The zero-order valence-corrected chi connectivity index (χ0v) is 8.31. The molecular weight excluding hydrogens is 200 g/mol. The summed E-state index contributed by atoms with van der Waals surface area (Å²) in [6, 6.07) is 2.28. The summed E-state index contributed by atoms with van der Waals surface area (Å²) in [5.41, 5.74) is -0.452. The maximum Gasteiger partial charge on any atom is 0.257 e. The Morgan fingerprint density at radius 2 is 2.20 bits per heavy atom. The van der Waals surface area contributed by atoms with Gasteiger partial charge in [-0.2, -0.15) is 0 Å². The summed E-state index contributed by atoms with van der Waals surface area (Å²) < 4.78 is 26.7. The second kappa shape index (κ2) is 4.68. The molecule has 0 saturated heterocycles. The van der Waals surface area contributed by atoms with Gasteiger partial charge in [0.2, 0.25) is 0 Å². The number of nitrogens with one attached hydrogen (secondary N) is 1. The van der Waals surface area contributed by atoms with Crippen LogP contribution in [-0.2, 0) is 0 Å². The summed E-state index contributed by atoms with van der Waals surface area (Å²) in [5, 5.41) is 2.34. The van der Waals surface area contributed by atoms with Gasteiger partial charge < -0.3 is 5.32 Å². The Balaban J connectivity index is 3.26. The van der Waals surface area contributed by atoms with E-state index in [1.54, 1.807) is 6.92 Å². The minimum Gasteiger partial charge on any atom is -0.352 e. The van der Waals surface area contributed by atoms with E-state index in [0.717, 1.165) is 6.07 Å². The summed E-state index contributed by atoms with van der Waals surface area (Å²) in [4.78, 5) is 11.3. The van der Waals surface area contributed by atoms with Gasteiger partial charge in [0.1, 0.15) is 17.2 Å². The van der Waals surface area contributed by atoms with Gasteiger partial charge >= 0.3 is 0 Å². The topological polar surface area (TPSA) is 29.1 Å². The van der Waals surface area contributed by atoms with Gasteiger partial charge in [-0.25, -0.2) is 8.78 Å². The van der Waals surface area contributed by atoms with Crippen LogP contribution in [0, 0.1) is 11.6 Å². The third-order valence-electron chi connectivity index (χ3n) is 1.91. The van der Waals surface area contributed by atoms with E-state index in [0.29, 0.717) is 6.54 Å². The molecule has 0 aliphatic carbocycles. The quantitative estimate of drug-likeness (QED) is 0.817. The van der Waals surface area contributed by atoms with Crippen molar-refractivity contribution in [3.8, 4) is 0 Å². The average Bonchev–Trinajstić information content (AvgIpc) is 2.18. The van der Waals surface area contributed by atoms with Crippen LogP contribution in [0.5, 0.6) is 0 Å². The summed E-state index contributed by atoms with van der Waals surface area (Å²) in [6.45, 7) is 5.36. The van der Waals surface area contributed by atoms with Gasteiger partial charge in [0, 0.05) is 12.1 Å². The first kappa shape index (κ1) is 11.4. The molecule has 0 aliphatic rings. The number of amides is 1. The predicted molar refractivity (Wildman–Crippen MR) is 54.5 cm³/mol. The first-order chi connectivity index (χ1) is 7.11. The lowest BCUT2D eigenvalue weighted by Gasteiger charge is -2.06. The van der Waals surface area contributed by atoms with Crippen LogP contribution in [0.25, 0.3) is 6.08 Å². The summed E-state index contributed by atoms with van der Waals surface area (Å²) in [5.74, 6) is -2.50. The molecule has 0 spiro atoms. The number of benzene rings is 1. The van der Waals surface area contributed by atoms with Gasteiger partial charge in [-0.05, 0) is 19.1 Å². The molecule has 0 atom stereocenters. The maximum absolute atomic E-state index is 13.5. The average molecular weight is 211 g/mol. The van der Waals surface area contributed by atoms with E-state index < -0.39 is 23.1 Å². The van der Waals surface area contributed by atoms with Crippen LogP contribution in [0.15, 0.2) is 18.7 Å². The fourth-order valence-corrected chi connectivity index (χ4v) is 1.18. The van der Waals surface area contributed by atoms with Gasteiger partial charge in [0.25, 0.3) is 5.91 Å². The molecule has 0 aromatic heterocycles.